The van der Waals surface area contributed by atoms with Crippen molar-refractivity contribution in [1.29, 1.82) is 0 Å². The van der Waals surface area contributed by atoms with E-state index in [9.17, 15) is 4.79 Å². The van der Waals surface area contributed by atoms with Gasteiger partial charge in [-0.3, -0.25) is 14.7 Å². The second-order valence-corrected chi connectivity index (χ2v) is 9.58. The van der Waals surface area contributed by atoms with Gasteiger partial charge in [-0.25, -0.2) is 0 Å². The van der Waals surface area contributed by atoms with Crippen molar-refractivity contribution >= 4 is 5.91 Å². The number of pyridine rings is 1. The Morgan fingerprint density at radius 1 is 1.09 bits per heavy atom. The molecule has 0 spiro atoms. The van der Waals surface area contributed by atoms with Crippen LogP contribution in [0.15, 0.2) is 42.6 Å². The molecule has 0 bridgehead atoms. The molecule has 6 nitrogen and oxygen atoms in total. The van der Waals surface area contributed by atoms with Gasteiger partial charge in [-0.1, -0.05) is 38.8 Å². The first-order valence-electron chi connectivity index (χ1n) is 13.0. The van der Waals surface area contributed by atoms with Crippen molar-refractivity contribution in [3.05, 3.63) is 53.9 Å². The van der Waals surface area contributed by atoms with Crippen LogP contribution in [-0.2, 0) is 11.2 Å². The van der Waals surface area contributed by atoms with Crippen molar-refractivity contribution in [3.63, 3.8) is 0 Å². The van der Waals surface area contributed by atoms with Crippen LogP contribution in [-0.4, -0.2) is 59.7 Å². The summed E-state index contributed by atoms with van der Waals surface area (Å²) < 4.78 is 11.1. The van der Waals surface area contributed by atoms with E-state index < -0.39 is 0 Å². The molecule has 34 heavy (non-hydrogen) atoms. The van der Waals surface area contributed by atoms with Crippen LogP contribution >= 0.6 is 0 Å². The molecule has 0 saturated carbocycles. The van der Waals surface area contributed by atoms with Gasteiger partial charge in [0.15, 0.2) is 11.5 Å². The maximum Gasteiger partial charge on any atom is 0.236 e. The number of aromatic nitrogens is 1. The van der Waals surface area contributed by atoms with E-state index in [0.29, 0.717) is 25.3 Å². The Hall–Kier alpha value is -2.60. The highest BCUT2D eigenvalue weighted by Gasteiger charge is 2.35. The summed E-state index contributed by atoms with van der Waals surface area (Å²) in [6, 6.07) is 12.8. The van der Waals surface area contributed by atoms with E-state index in [0.717, 1.165) is 81.8 Å². The summed E-state index contributed by atoms with van der Waals surface area (Å²) in [5, 5.41) is 0. The number of ether oxygens (including phenoxy) is 2. The lowest BCUT2D eigenvalue weighted by atomic mass is 9.94. The minimum absolute atomic E-state index is 0.274. The number of carbonyl (C=O) groups is 1. The van der Waals surface area contributed by atoms with Gasteiger partial charge < -0.3 is 14.4 Å². The van der Waals surface area contributed by atoms with Gasteiger partial charge in [0, 0.05) is 37.6 Å². The van der Waals surface area contributed by atoms with Crippen LogP contribution in [0.2, 0.25) is 0 Å². The van der Waals surface area contributed by atoms with E-state index in [2.05, 4.69) is 46.8 Å². The van der Waals surface area contributed by atoms with Crippen LogP contribution in [0.25, 0.3) is 0 Å². The molecule has 0 radical (unpaired) electrons. The SMILES string of the molecule is CCCCN(CCCC)C(=O)CN1C[C@H](c2ccc3c(c2)OCO3)C[C@@H]1CCc1ccccn1. The van der Waals surface area contributed by atoms with Crippen molar-refractivity contribution in [2.24, 2.45) is 0 Å². The zero-order chi connectivity index (χ0) is 23.8. The first-order valence-corrected chi connectivity index (χ1v) is 13.0. The number of aryl methyl sites for hydroxylation is 1. The summed E-state index contributed by atoms with van der Waals surface area (Å²) in [6.07, 6.45) is 9.20. The van der Waals surface area contributed by atoms with Crippen LogP contribution in [0.1, 0.15) is 69.5 Å². The lowest BCUT2D eigenvalue weighted by Crippen LogP contribution is -2.43. The van der Waals surface area contributed by atoms with Crippen LogP contribution in [0.5, 0.6) is 11.5 Å². The molecule has 1 fully saturated rings. The summed E-state index contributed by atoms with van der Waals surface area (Å²) in [4.78, 5) is 22.4. The van der Waals surface area contributed by atoms with Gasteiger partial charge in [0.05, 0.1) is 6.54 Å². The Bertz CT molecular complexity index is 912. The molecule has 184 valence electrons. The average Bonchev–Trinajstić information content (AvgIpc) is 3.50. The van der Waals surface area contributed by atoms with Crippen molar-refractivity contribution in [3.8, 4) is 11.5 Å². The highest BCUT2D eigenvalue weighted by Crippen LogP contribution is 2.39. The Morgan fingerprint density at radius 2 is 1.88 bits per heavy atom. The van der Waals surface area contributed by atoms with E-state index in [4.69, 9.17) is 9.47 Å². The molecule has 2 atom stereocenters. The Balaban J connectivity index is 1.46. The lowest BCUT2D eigenvalue weighted by Gasteiger charge is -2.28. The number of hydrogen-bond donors (Lipinski definition) is 0. The molecule has 1 aromatic heterocycles. The monoisotopic (exact) mass is 465 g/mol. The topological polar surface area (TPSA) is 54.9 Å². The summed E-state index contributed by atoms with van der Waals surface area (Å²) in [6.45, 7) is 7.80. The molecule has 3 heterocycles. The summed E-state index contributed by atoms with van der Waals surface area (Å²) in [5.74, 6) is 2.32. The quantitative estimate of drug-likeness (QED) is 0.440. The maximum absolute atomic E-state index is 13.4. The highest BCUT2D eigenvalue weighted by atomic mass is 16.7. The molecule has 6 heteroatoms. The first kappa shape index (κ1) is 24.5. The number of unbranched alkanes of at least 4 members (excludes halogenated alkanes) is 2. The van der Waals surface area contributed by atoms with Gasteiger partial charge in [-0.15, -0.1) is 0 Å². The van der Waals surface area contributed by atoms with Crippen LogP contribution in [0, 0.1) is 0 Å². The fourth-order valence-electron chi connectivity index (χ4n) is 5.08. The fraction of sp³-hybridized carbons (Fsp3) is 0.571. The summed E-state index contributed by atoms with van der Waals surface area (Å²) in [5.41, 5.74) is 2.39. The van der Waals surface area contributed by atoms with Crippen molar-refractivity contribution in [2.45, 2.75) is 70.8 Å². The smallest absolute Gasteiger partial charge is 0.236 e. The predicted molar refractivity (Wildman–Crippen MR) is 134 cm³/mol. The fourth-order valence-corrected chi connectivity index (χ4v) is 5.08. The minimum atomic E-state index is 0.274. The van der Waals surface area contributed by atoms with Gasteiger partial charge in [0.2, 0.25) is 12.7 Å². The van der Waals surface area contributed by atoms with Gasteiger partial charge >= 0.3 is 0 Å². The third-order valence-electron chi connectivity index (χ3n) is 7.11. The van der Waals surface area contributed by atoms with E-state index in [1.807, 2.05) is 24.4 Å². The van der Waals surface area contributed by atoms with E-state index in [1.54, 1.807) is 0 Å². The molecule has 0 N–H and O–H groups in total. The van der Waals surface area contributed by atoms with E-state index >= 15 is 0 Å². The zero-order valence-corrected chi connectivity index (χ0v) is 20.7. The van der Waals surface area contributed by atoms with Gasteiger partial charge in [0.25, 0.3) is 0 Å². The maximum atomic E-state index is 13.4. The second-order valence-electron chi connectivity index (χ2n) is 9.58. The molecule has 0 aliphatic carbocycles. The first-order chi connectivity index (χ1) is 16.7. The van der Waals surface area contributed by atoms with Crippen molar-refractivity contribution in [1.82, 2.24) is 14.8 Å². The van der Waals surface area contributed by atoms with Crippen molar-refractivity contribution in [2.75, 3.05) is 33.0 Å². The summed E-state index contributed by atoms with van der Waals surface area (Å²) in [7, 11) is 0. The molecule has 2 aromatic rings. The number of amides is 1. The normalized spacial score (nSPS) is 19.5. The molecule has 1 amide bonds. The average molecular weight is 466 g/mol. The third kappa shape index (κ3) is 6.29. The standard InChI is InChI=1S/C28H39N3O3/c1-3-5-15-30(16-6-4-2)28(32)20-31-19-23(22-10-13-26-27(18-22)34-21-33-26)17-25(31)12-11-24-9-7-8-14-29-24/h7-10,13-14,18,23,25H,3-6,11-12,15-17,19-21H2,1-2H3/t23-,25+/m1/s1. The Morgan fingerprint density at radius 3 is 2.62 bits per heavy atom. The van der Waals surface area contributed by atoms with Crippen LogP contribution < -0.4 is 9.47 Å². The third-order valence-corrected chi connectivity index (χ3v) is 7.11. The van der Waals surface area contributed by atoms with Crippen LogP contribution in [0.4, 0.5) is 0 Å². The number of rotatable bonds is 12. The largest absolute Gasteiger partial charge is 0.454 e. The number of fused-ring (bicyclic) bond motifs is 1. The van der Waals surface area contributed by atoms with Crippen LogP contribution in [0.3, 0.4) is 0 Å². The van der Waals surface area contributed by atoms with Gasteiger partial charge in [-0.2, -0.15) is 0 Å². The molecule has 0 unspecified atom stereocenters. The molecule has 1 saturated heterocycles. The van der Waals surface area contributed by atoms with Gasteiger partial charge in [0.1, 0.15) is 0 Å². The van der Waals surface area contributed by atoms with Gasteiger partial charge in [-0.05, 0) is 67.9 Å². The lowest BCUT2D eigenvalue weighted by molar-refractivity contribution is -0.132. The molecule has 2 aliphatic heterocycles. The number of carbonyl (C=O) groups excluding carboxylic acids is 1. The number of benzene rings is 1. The number of hydrogen-bond acceptors (Lipinski definition) is 5. The van der Waals surface area contributed by atoms with E-state index in [-0.39, 0.29) is 5.91 Å². The molecule has 1 aromatic carbocycles. The summed E-state index contributed by atoms with van der Waals surface area (Å²) >= 11 is 0. The minimum Gasteiger partial charge on any atom is -0.454 e. The zero-order valence-electron chi connectivity index (χ0n) is 20.7. The number of nitrogens with zero attached hydrogens (tertiary/aromatic N) is 3. The predicted octanol–water partition coefficient (Wildman–Crippen LogP) is 5.03. The Kier molecular flexibility index (Phi) is 8.80. The van der Waals surface area contributed by atoms with E-state index in [1.165, 1.54) is 5.56 Å². The van der Waals surface area contributed by atoms with Crippen molar-refractivity contribution < 1.29 is 14.3 Å². The second kappa shape index (κ2) is 12.2. The molecular formula is C28H39N3O3. The Labute approximate surface area is 204 Å². The highest BCUT2D eigenvalue weighted by molar-refractivity contribution is 5.78. The molecule has 4 rings (SSSR count). The molecule has 2 aliphatic rings. The molecular weight excluding hydrogens is 426 g/mol. The number of likely N-dealkylation sites (tertiary alicyclic amines) is 1.